The summed E-state index contributed by atoms with van der Waals surface area (Å²) in [6, 6.07) is 6.09. The highest BCUT2D eigenvalue weighted by Crippen LogP contribution is 2.46. The molecule has 6 nitrogen and oxygen atoms in total. The van der Waals surface area contributed by atoms with Crippen LogP contribution in [0.25, 0.3) is 0 Å². The summed E-state index contributed by atoms with van der Waals surface area (Å²) in [4.78, 5) is 11.9. The highest BCUT2D eigenvalue weighted by molar-refractivity contribution is 7.99. The van der Waals surface area contributed by atoms with Gasteiger partial charge in [0, 0.05) is 30.8 Å². The molecule has 2 aromatic rings. The van der Waals surface area contributed by atoms with Gasteiger partial charge in [-0.25, -0.2) is 9.97 Å². The molecule has 1 aliphatic rings. The molecule has 0 aliphatic carbocycles. The van der Waals surface area contributed by atoms with Crippen molar-refractivity contribution in [3.8, 4) is 0 Å². The van der Waals surface area contributed by atoms with Gasteiger partial charge in [0.25, 0.3) is 0 Å². The Labute approximate surface area is 133 Å². The smallest absolute Gasteiger partial charge is 0.184 e. The van der Waals surface area contributed by atoms with Crippen LogP contribution in [0.3, 0.4) is 0 Å². The van der Waals surface area contributed by atoms with Crippen LogP contribution in [0.1, 0.15) is 5.56 Å². The fourth-order valence-corrected chi connectivity index (χ4v) is 3.35. The molecule has 1 aromatic heterocycles. The number of nitrogens with one attached hydrogen (secondary N) is 1. The molecule has 3 rings (SSSR count). The normalized spacial score (nSPS) is 12.5. The summed E-state index contributed by atoms with van der Waals surface area (Å²) in [5, 5.41) is 8.51. The van der Waals surface area contributed by atoms with Crippen molar-refractivity contribution in [2.45, 2.75) is 16.3 Å². The van der Waals surface area contributed by atoms with Crippen LogP contribution in [0.2, 0.25) is 0 Å². The first kappa shape index (κ1) is 14.8. The van der Waals surface area contributed by atoms with E-state index >= 15 is 0 Å². The van der Waals surface area contributed by atoms with Crippen LogP contribution in [-0.4, -0.2) is 36.8 Å². The Kier molecular flexibility index (Phi) is 4.26. The first-order valence-corrected chi connectivity index (χ1v) is 7.54. The van der Waals surface area contributed by atoms with Gasteiger partial charge in [0.1, 0.15) is 11.8 Å². The number of benzene rings is 1. The lowest BCUT2D eigenvalue weighted by Crippen LogP contribution is -2.24. The summed E-state index contributed by atoms with van der Waals surface area (Å²) in [5.74, 6) is 1.05. The number of anilines is 2. The highest BCUT2D eigenvalue weighted by Gasteiger charge is 2.25. The molecule has 114 valence electrons. The van der Waals surface area contributed by atoms with Gasteiger partial charge in [0.2, 0.25) is 0 Å². The molecule has 1 N–H and O–H groups in total. The number of hydrogen-bond acceptors (Lipinski definition) is 7. The van der Waals surface area contributed by atoms with E-state index in [4.69, 9.17) is 14.9 Å². The topological polar surface area (TPSA) is 71.3 Å². The Balaban J connectivity index is 1.99. The lowest BCUT2D eigenvalue weighted by atomic mass is 10.1. The van der Waals surface area contributed by atoms with Crippen molar-refractivity contribution >= 4 is 29.2 Å². The van der Waals surface area contributed by atoms with Gasteiger partial charge in [-0.15, -0.1) is 0 Å². The molecule has 1 aliphatic heterocycles. The number of ether oxygens (including phenoxy) is 2. The zero-order valence-electron chi connectivity index (χ0n) is 12.4. The number of aromatic nitrogens is 2. The molecule has 0 fully saturated rings. The average Bonchev–Trinajstić information content (AvgIpc) is 2.54. The van der Waals surface area contributed by atoms with Gasteiger partial charge < -0.3 is 9.47 Å². The largest absolute Gasteiger partial charge is 0.484 e. The molecular weight excluding hydrogens is 300 g/mol. The van der Waals surface area contributed by atoms with E-state index in [1.54, 1.807) is 31.3 Å². The molecular formula is C15H16N4O2S. The monoisotopic (exact) mass is 316 g/mol. The summed E-state index contributed by atoms with van der Waals surface area (Å²) >= 11 is 1.58. The minimum atomic E-state index is 0.245. The third-order valence-electron chi connectivity index (χ3n) is 3.29. The van der Waals surface area contributed by atoms with Gasteiger partial charge >= 0.3 is 0 Å². The van der Waals surface area contributed by atoms with E-state index in [2.05, 4.69) is 16.0 Å². The van der Waals surface area contributed by atoms with Gasteiger partial charge in [-0.1, -0.05) is 17.8 Å². The predicted octanol–water partition coefficient (Wildman–Crippen LogP) is 2.85. The SMILES string of the molecule is COCN1c2ccc(CC(=N)OC)cc2Sc2nccnc21. The Morgan fingerprint density at radius 3 is 2.86 bits per heavy atom. The van der Waals surface area contributed by atoms with E-state index in [0.717, 1.165) is 27.0 Å². The maximum absolute atomic E-state index is 7.66. The summed E-state index contributed by atoms with van der Waals surface area (Å²) in [6.45, 7) is 0.409. The number of fused-ring (bicyclic) bond motifs is 2. The number of methoxy groups -OCH3 is 2. The van der Waals surface area contributed by atoms with Crippen molar-refractivity contribution in [3.63, 3.8) is 0 Å². The summed E-state index contributed by atoms with van der Waals surface area (Å²) in [5.41, 5.74) is 2.07. The third kappa shape index (κ3) is 2.77. The van der Waals surface area contributed by atoms with E-state index in [-0.39, 0.29) is 5.90 Å². The predicted molar refractivity (Wildman–Crippen MR) is 85.1 cm³/mol. The fraction of sp³-hybridized carbons (Fsp3) is 0.267. The van der Waals surface area contributed by atoms with Crippen molar-refractivity contribution in [2.24, 2.45) is 0 Å². The van der Waals surface area contributed by atoms with Gasteiger partial charge in [0.05, 0.1) is 12.8 Å². The maximum Gasteiger partial charge on any atom is 0.184 e. The van der Waals surface area contributed by atoms with Crippen LogP contribution in [0, 0.1) is 5.41 Å². The van der Waals surface area contributed by atoms with E-state index in [9.17, 15) is 0 Å². The molecule has 0 bridgehead atoms. The average molecular weight is 316 g/mol. The van der Waals surface area contributed by atoms with Gasteiger partial charge in [-0.05, 0) is 17.7 Å². The number of nitrogens with zero attached hydrogens (tertiary/aromatic N) is 3. The lowest BCUT2D eigenvalue weighted by molar-refractivity contribution is 0.204. The van der Waals surface area contributed by atoms with E-state index < -0.39 is 0 Å². The van der Waals surface area contributed by atoms with Crippen molar-refractivity contribution in [2.75, 3.05) is 25.9 Å². The Morgan fingerprint density at radius 2 is 2.09 bits per heavy atom. The summed E-state index contributed by atoms with van der Waals surface area (Å²) in [7, 11) is 3.17. The van der Waals surface area contributed by atoms with Crippen LogP contribution < -0.4 is 4.90 Å². The zero-order valence-corrected chi connectivity index (χ0v) is 13.2. The van der Waals surface area contributed by atoms with Crippen LogP contribution >= 0.6 is 11.8 Å². The second-order valence-corrected chi connectivity index (χ2v) is 5.77. The lowest BCUT2D eigenvalue weighted by Gasteiger charge is -2.30. The first-order valence-electron chi connectivity index (χ1n) is 6.72. The Bertz CT molecular complexity index is 708. The van der Waals surface area contributed by atoms with Gasteiger partial charge in [-0.2, -0.15) is 0 Å². The van der Waals surface area contributed by atoms with E-state index in [1.807, 2.05) is 17.0 Å². The van der Waals surface area contributed by atoms with Crippen LogP contribution in [0.5, 0.6) is 0 Å². The van der Waals surface area contributed by atoms with Crippen molar-refractivity contribution < 1.29 is 9.47 Å². The molecule has 0 spiro atoms. The molecule has 1 aromatic carbocycles. The number of hydrogen-bond donors (Lipinski definition) is 1. The second-order valence-electron chi connectivity index (χ2n) is 4.74. The van der Waals surface area contributed by atoms with Crippen molar-refractivity contribution in [1.29, 1.82) is 5.41 Å². The Morgan fingerprint density at radius 1 is 1.27 bits per heavy atom. The van der Waals surface area contributed by atoms with Crippen LogP contribution in [0.15, 0.2) is 40.5 Å². The minimum absolute atomic E-state index is 0.245. The van der Waals surface area contributed by atoms with Gasteiger partial charge in [0.15, 0.2) is 11.7 Å². The summed E-state index contributed by atoms with van der Waals surface area (Å²) in [6.07, 6.45) is 3.84. The van der Waals surface area contributed by atoms with E-state index in [1.165, 1.54) is 7.11 Å². The highest BCUT2D eigenvalue weighted by atomic mass is 32.2. The minimum Gasteiger partial charge on any atom is -0.484 e. The molecule has 0 unspecified atom stereocenters. The molecule has 0 amide bonds. The standard InChI is InChI=1S/C15H16N4O2S/c1-20-9-19-11-4-3-10(8-13(16)21-2)7-12(11)22-15-14(19)17-5-6-18-15/h3-7,16H,8-9H2,1-2H3. The fourth-order valence-electron chi connectivity index (χ4n) is 2.28. The molecule has 2 heterocycles. The van der Waals surface area contributed by atoms with E-state index in [0.29, 0.717) is 13.2 Å². The summed E-state index contributed by atoms with van der Waals surface area (Å²) < 4.78 is 10.2. The molecule has 7 heteroatoms. The molecule has 0 atom stereocenters. The molecule has 0 saturated carbocycles. The van der Waals surface area contributed by atoms with Crippen molar-refractivity contribution in [3.05, 3.63) is 36.2 Å². The Hall–Kier alpha value is -2.12. The first-order chi connectivity index (χ1) is 10.7. The zero-order chi connectivity index (χ0) is 15.5. The quantitative estimate of drug-likeness (QED) is 0.691. The number of rotatable bonds is 4. The van der Waals surface area contributed by atoms with Crippen molar-refractivity contribution in [1.82, 2.24) is 9.97 Å². The second kappa shape index (κ2) is 6.33. The van der Waals surface area contributed by atoms with Gasteiger partial charge in [-0.3, -0.25) is 10.3 Å². The molecule has 22 heavy (non-hydrogen) atoms. The maximum atomic E-state index is 7.66. The molecule has 0 radical (unpaired) electrons. The third-order valence-corrected chi connectivity index (χ3v) is 4.32. The molecule has 0 saturated heterocycles. The van der Waals surface area contributed by atoms with Crippen LogP contribution in [0.4, 0.5) is 11.5 Å². The van der Waals surface area contributed by atoms with Crippen LogP contribution in [-0.2, 0) is 15.9 Å².